The Balaban J connectivity index is 2.26. The highest BCUT2D eigenvalue weighted by molar-refractivity contribution is 5.78. The summed E-state index contributed by atoms with van der Waals surface area (Å²) in [5.41, 5.74) is 2.49. The minimum Gasteiger partial charge on any atom is -0.300 e. The van der Waals surface area contributed by atoms with Crippen molar-refractivity contribution in [2.24, 2.45) is 0 Å². The molecule has 1 aromatic rings. The molecule has 0 saturated carbocycles. The van der Waals surface area contributed by atoms with Crippen molar-refractivity contribution in [2.75, 3.05) is 0 Å². The van der Waals surface area contributed by atoms with Gasteiger partial charge in [0.2, 0.25) is 0 Å². The van der Waals surface area contributed by atoms with Crippen molar-refractivity contribution in [3.8, 4) is 12.3 Å². The van der Waals surface area contributed by atoms with Crippen LogP contribution in [-0.4, -0.2) is 5.78 Å². The van der Waals surface area contributed by atoms with Crippen molar-refractivity contribution < 1.29 is 4.79 Å². The van der Waals surface area contributed by atoms with Gasteiger partial charge in [0.05, 0.1) is 0 Å². The molecule has 0 spiro atoms. The third-order valence-corrected chi connectivity index (χ3v) is 2.59. The van der Waals surface area contributed by atoms with Gasteiger partial charge in [-0.3, -0.25) is 4.79 Å². The van der Waals surface area contributed by atoms with E-state index in [4.69, 9.17) is 6.42 Å². The van der Waals surface area contributed by atoms with Gasteiger partial charge < -0.3 is 0 Å². The molecular weight excluding hydrogens is 196 g/mol. The van der Waals surface area contributed by atoms with E-state index in [1.54, 1.807) is 0 Å². The van der Waals surface area contributed by atoms with Gasteiger partial charge in [-0.25, -0.2) is 0 Å². The van der Waals surface area contributed by atoms with E-state index in [9.17, 15) is 4.79 Å². The number of Topliss-reactive ketones (excluding diaryl/α,β-unsaturated/α-hetero) is 1. The second-order valence-corrected chi connectivity index (χ2v) is 4.08. The number of benzene rings is 1. The Labute approximate surface area is 97.9 Å². The number of aryl methyl sites for hydroxylation is 2. The number of terminal acetylenes is 1. The number of hydrogen-bond acceptors (Lipinski definition) is 1. The van der Waals surface area contributed by atoms with E-state index in [0.717, 1.165) is 12.8 Å². The first-order chi connectivity index (χ1) is 7.72. The van der Waals surface area contributed by atoms with E-state index in [0.29, 0.717) is 25.0 Å². The molecule has 0 aliphatic carbocycles. The van der Waals surface area contributed by atoms with E-state index in [2.05, 4.69) is 37.1 Å². The first kappa shape index (κ1) is 12.5. The summed E-state index contributed by atoms with van der Waals surface area (Å²) in [6.45, 7) is 2.06. The van der Waals surface area contributed by atoms with E-state index in [-0.39, 0.29) is 0 Å². The van der Waals surface area contributed by atoms with Crippen LogP contribution < -0.4 is 0 Å². The lowest BCUT2D eigenvalue weighted by molar-refractivity contribution is -0.119. The minimum atomic E-state index is 0.316. The highest BCUT2D eigenvalue weighted by Crippen LogP contribution is 2.07. The van der Waals surface area contributed by atoms with Crippen LogP contribution in [-0.2, 0) is 11.2 Å². The molecule has 0 aromatic heterocycles. The lowest BCUT2D eigenvalue weighted by atomic mass is 10.0. The van der Waals surface area contributed by atoms with Gasteiger partial charge in [-0.2, -0.15) is 0 Å². The van der Waals surface area contributed by atoms with Crippen LogP contribution in [0, 0.1) is 19.3 Å². The molecule has 0 unspecified atom stereocenters. The minimum absolute atomic E-state index is 0.316. The third kappa shape index (κ3) is 4.79. The molecule has 0 heterocycles. The summed E-state index contributed by atoms with van der Waals surface area (Å²) < 4.78 is 0. The molecule has 1 aromatic carbocycles. The molecule has 16 heavy (non-hydrogen) atoms. The van der Waals surface area contributed by atoms with E-state index in [1.165, 1.54) is 11.1 Å². The predicted octanol–water partition coefficient (Wildman–Crippen LogP) is 3.30. The van der Waals surface area contributed by atoms with Crippen molar-refractivity contribution in [3.63, 3.8) is 0 Å². The Hall–Kier alpha value is -1.55. The van der Waals surface area contributed by atoms with E-state index >= 15 is 0 Å². The Kier molecular flexibility index (Phi) is 5.36. The maximum atomic E-state index is 11.5. The molecule has 84 valence electrons. The van der Waals surface area contributed by atoms with Gasteiger partial charge in [0.1, 0.15) is 5.78 Å². The summed E-state index contributed by atoms with van der Waals surface area (Å²) in [5, 5.41) is 0. The van der Waals surface area contributed by atoms with Crippen LogP contribution in [0.3, 0.4) is 0 Å². The average molecular weight is 214 g/mol. The van der Waals surface area contributed by atoms with Crippen molar-refractivity contribution in [2.45, 2.75) is 39.0 Å². The summed E-state index contributed by atoms with van der Waals surface area (Å²) in [5.74, 6) is 2.87. The quantitative estimate of drug-likeness (QED) is 0.524. The lowest BCUT2D eigenvalue weighted by Crippen LogP contribution is -1.99. The van der Waals surface area contributed by atoms with Crippen LogP contribution in [0.2, 0.25) is 0 Å². The molecule has 1 rings (SSSR count). The molecular formula is C15H18O. The molecule has 1 heteroatoms. The Bertz CT molecular complexity index is 367. The average Bonchev–Trinajstić information content (AvgIpc) is 2.29. The zero-order valence-electron chi connectivity index (χ0n) is 9.83. The van der Waals surface area contributed by atoms with Crippen LogP contribution in [0.1, 0.15) is 36.8 Å². The summed E-state index contributed by atoms with van der Waals surface area (Å²) in [6.07, 6.45) is 8.76. The number of carbonyl (C=O) groups excluding carboxylic acids is 1. The van der Waals surface area contributed by atoms with E-state index < -0.39 is 0 Å². The second kappa shape index (κ2) is 6.85. The first-order valence-electron chi connectivity index (χ1n) is 5.73. The van der Waals surface area contributed by atoms with Gasteiger partial charge in [-0.1, -0.05) is 29.8 Å². The topological polar surface area (TPSA) is 17.1 Å². The molecule has 0 aliphatic heterocycles. The number of ketones is 1. The fourth-order valence-electron chi connectivity index (χ4n) is 1.55. The first-order valence-corrected chi connectivity index (χ1v) is 5.73. The monoisotopic (exact) mass is 214 g/mol. The second-order valence-electron chi connectivity index (χ2n) is 4.08. The smallest absolute Gasteiger partial charge is 0.133 e. The zero-order chi connectivity index (χ0) is 11.8. The molecule has 0 fully saturated rings. The molecule has 0 amide bonds. The highest BCUT2D eigenvalue weighted by atomic mass is 16.1. The highest BCUT2D eigenvalue weighted by Gasteiger charge is 2.02. The maximum absolute atomic E-state index is 11.5. The van der Waals surface area contributed by atoms with Gasteiger partial charge >= 0.3 is 0 Å². The largest absolute Gasteiger partial charge is 0.300 e. The fourth-order valence-corrected chi connectivity index (χ4v) is 1.55. The summed E-state index contributed by atoms with van der Waals surface area (Å²) in [7, 11) is 0. The Morgan fingerprint density at radius 2 is 1.94 bits per heavy atom. The summed E-state index contributed by atoms with van der Waals surface area (Å²) in [6, 6.07) is 8.34. The number of hydrogen-bond donors (Lipinski definition) is 0. The third-order valence-electron chi connectivity index (χ3n) is 2.59. The summed E-state index contributed by atoms with van der Waals surface area (Å²) in [4.78, 5) is 11.5. The van der Waals surface area contributed by atoms with Crippen molar-refractivity contribution in [3.05, 3.63) is 35.4 Å². The lowest BCUT2D eigenvalue weighted by Gasteiger charge is -2.01. The van der Waals surface area contributed by atoms with Crippen LogP contribution >= 0.6 is 0 Å². The maximum Gasteiger partial charge on any atom is 0.133 e. The number of rotatable bonds is 6. The van der Waals surface area contributed by atoms with Crippen LogP contribution in [0.4, 0.5) is 0 Å². The molecule has 0 aliphatic rings. The van der Waals surface area contributed by atoms with Crippen molar-refractivity contribution in [1.29, 1.82) is 0 Å². The molecule has 0 radical (unpaired) electrons. The fraction of sp³-hybridized carbons (Fsp3) is 0.400. The van der Waals surface area contributed by atoms with E-state index in [1.807, 2.05) is 0 Å². The Morgan fingerprint density at radius 1 is 1.25 bits per heavy atom. The molecule has 0 N–H and O–H groups in total. The van der Waals surface area contributed by atoms with Crippen LogP contribution in [0.15, 0.2) is 24.3 Å². The standard InChI is InChI=1S/C15H18O/c1-3-4-5-6-15(16)12-11-14-9-7-13(2)8-10-14/h1,7-10H,4-6,11-12H2,2H3. The zero-order valence-corrected chi connectivity index (χ0v) is 9.83. The van der Waals surface area contributed by atoms with Gasteiger partial charge in [0.25, 0.3) is 0 Å². The van der Waals surface area contributed by atoms with Gasteiger partial charge in [0, 0.05) is 19.3 Å². The predicted molar refractivity (Wildman–Crippen MR) is 67.2 cm³/mol. The Morgan fingerprint density at radius 3 is 2.56 bits per heavy atom. The van der Waals surface area contributed by atoms with Crippen LogP contribution in [0.25, 0.3) is 0 Å². The van der Waals surface area contributed by atoms with Gasteiger partial charge in [-0.05, 0) is 25.3 Å². The number of unbranched alkanes of at least 4 members (excludes halogenated alkanes) is 1. The molecule has 1 nitrogen and oxygen atoms in total. The SMILES string of the molecule is C#CCCCC(=O)CCc1ccc(C)cc1. The van der Waals surface area contributed by atoms with Crippen molar-refractivity contribution >= 4 is 5.78 Å². The molecule has 0 bridgehead atoms. The molecule has 0 atom stereocenters. The summed E-state index contributed by atoms with van der Waals surface area (Å²) >= 11 is 0. The van der Waals surface area contributed by atoms with Crippen LogP contribution in [0.5, 0.6) is 0 Å². The van der Waals surface area contributed by atoms with Gasteiger partial charge in [0.15, 0.2) is 0 Å². The van der Waals surface area contributed by atoms with Crippen molar-refractivity contribution in [1.82, 2.24) is 0 Å². The molecule has 0 saturated heterocycles. The number of carbonyl (C=O) groups is 1. The van der Waals surface area contributed by atoms with Gasteiger partial charge in [-0.15, -0.1) is 12.3 Å². The normalized spacial score (nSPS) is 9.75.